The third kappa shape index (κ3) is 1.73. The summed E-state index contributed by atoms with van der Waals surface area (Å²) in [6.07, 6.45) is -0.0147. The number of methoxy groups -OCH3 is 1. The number of hydrogen-bond donors (Lipinski definition) is 0. The number of ether oxygens (including phenoxy) is 3. The summed E-state index contributed by atoms with van der Waals surface area (Å²) in [6.45, 7) is 5.29. The predicted octanol–water partition coefficient (Wildman–Crippen LogP) is 0.150. The second-order valence-electron chi connectivity index (χ2n) is 5.07. The standard InChI is InChI=1S/C11H18N4O3/c1-6(2)11-12-13-14-15(11)7-4-17-10-8(16-3)5-18-9(7)10/h6-10H,4-5H2,1-3H3/t7-,8-,9-,10+/m1/s1. The van der Waals surface area contributed by atoms with Gasteiger partial charge in [0.15, 0.2) is 5.82 Å². The van der Waals surface area contributed by atoms with Gasteiger partial charge in [-0.3, -0.25) is 0 Å². The lowest BCUT2D eigenvalue weighted by Crippen LogP contribution is -2.32. The number of tetrazole rings is 1. The third-order valence-corrected chi connectivity index (χ3v) is 3.63. The van der Waals surface area contributed by atoms with Crippen LogP contribution in [0.4, 0.5) is 0 Å². The van der Waals surface area contributed by atoms with Crippen molar-refractivity contribution >= 4 is 0 Å². The minimum Gasteiger partial charge on any atom is -0.376 e. The van der Waals surface area contributed by atoms with E-state index in [0.717, 1.165) is 5.82 Å². The summed E-state index contributed by atoms with van der Waals surface area (Å²) < 4.78 is 18.8. The highest BCUT2D eigenvalue weighted by atomic mass is 16.6. The summed E-state index contributed by atoms with van der Waals surface area (Å²) in [6, 6.07) is 0.0440. The Labute approximate surface area is 105 Å². The second kappa shape index (κ2) is 4.56. The second-order valence-corrected chi connectivity index (χ2v) is 5.07. The molecule has 0 aliphatic carbocycles. The van der Waals surface area contributed by atoms with Gasteiger partial charge in [-0.1, -0.05) is 13.8 Å². The first-order valence-corrected chi connectivity index (χ1v) is 6.26. The van der Waals surface area contributed by atoms with Crippen LogP contribution in [0.25, 0.3) is 0 Å². The van der Waals surface area contributed by atoms with E-state index in [1.807, 2.05) is 4.68 Å². The summed E-state index contributed by atoms with van der Waals surface area (Å²) in [5, 5.41) is 11.9. The molecule has 2 saturated heterocycles. The predicted molar refractivity (Wildman–Crippen MR) is 61.2 cm³/mol. The van der Waals surface area contributed by atoms with Crippen molar-refractivity contribution in [3.63, 3.8) is 0 Å². The van der Waals surface area contributed by atoms with Gasteiger partial charge in [-0.25, -0.2) is 4.68 Å². The van der Waals surface area contributed by atoms with Crippen LogP contribution in [0.1, 0.15) is 31.6 Å². The highest BCUT2D eigenvalue weighted by Crippen LogP contribution is 2.35. The van der Waals surface area contributed by atoms with E-state index < -0.39 is 0 Å². The zero-order chi connectivity index (χ0) is 12.7. The molecule has 7 nitrogen and oxygen atoms in total. The molecule has 0 saturated carbocycles. The zero-order valence-corrected chi connectivity index (χ0v) is 10.8. The largest absolute Gasteiger partial charge is 0.376 e. The van der Waals surface area contributed by atoms with E-state index in [-0.39, 0.29) is 30.3 Å². The lowest BCUT2D eigenvalue weighted by molar-refractivity contribution is -0.00917. The third-order valence-electron chi connectivity index (χ3n) is 3.63. The van der Waals surface area contributed by atoms with E-state index in [1.54, 1.807) is 7.11 Å². The maximum absolute atomic E-state index is 5.79. The Balaban J connectivity index is 1.84. The molecule has 2 aliphatic heterocycles. The molecule has 1 aromatic rings. The average Bonchev–Trinajstić information content (AvgIpc) is 3.03. The SMILES string of the molecule is CO[C@@H]1CO[C@H]2[C@H]1OC[C@H]2n1nnnc1C(C)C. The molecular weight excluding hydrogens is 236 g/mol. The molecule has 1 aromatic heterocycles. The van der Waals surface area contributed by atoms with Gasteiger partial charge in [0, 0.05) is 13.0 Å². The van der Waals surface area contributed by atoms with Crippen molar-refractivity contribution in [3.8, 4) is 0 Å². The van der Waals surface area contributed by atoms with E-state index in [4.69, 9.17) is 14.2 Å². The van der Waals surface area contributed by atoms with Crippen molar-refractivity contribution in [3.05, 3.63) is 5.82 Å². The molecule has 0 spiro atoms. The molecule has 0 bridgehead atoms. The molecule has 100 valence electrons. The number of nitrogens with zero attached hydrogens (tertiary/aromatic N) is 4. The minimum atomic E-state index is -0.0176. The van der Waals surface area contributed by atoms with Gasteiger partial charge in [-0.15, -0.1) is 5.10 Å². The number of rotatable bonds is 3. The first-order chi connectivity index (χ1) is 8.72. The lowest BCUT2D eigenvalue weighted by atomic mass is 10.1. The van der Waals surface area contributed by atoms with Gasteiger partial charge < -0.3 is 14.2 Å². The summed E-state index contributed by atoms with van der Waals surface area (Å²) >= 11 is 0. The fraction of sp³-hybridized carbons (Fsp3) is 0.909. The summed E-state index contributed by atoms with van der Waals surface area (Å²) in [7, 11) is 1.68. The van der Waals surface area contributed by atoms with Crippen LogP contribution in [-0.4, -0.2) is 58.8 Å². The lowest BCUT2D eigenvalue weighted by Gasteiger charge is -2.18. The number of aromatic nitrogens is 4. The quantitative estimate of drug-likeness (QED) is 0.764. The summed E-state index contributed by atoms with van der Waals surface area (Å²) in [5.74, 6) is 1.15. The zero-order valence-electron chi connectivity index (χ0n) is 10.8. The van der Waals surface area contributed by atoms with Gasteiger partial charge in [0.05, 0.1) is 13.2 Å². The molecule has 18 heavy (non-hydrogen) atoms. The van der Waals surface area contributed by atoms with E-state index in [0.29, 0.717) is 13.2 Å². The molecule has 0 aromatic carbocycles. The molecular formula is C11H18N4O3. The van der Waals surface area contributed by atoms with E-state index in [9.17, 15) is 0 Å². The molecule has 0 amide bonds. The van der Waals surface area contributed by atoms with Crippen molar-refractivity contribution in [1.82, 2.24) is 20.2 Å². The molecule has 2 fully saturated rings. The van der Waals surface area contributed by atoms with Gasteiger partial charge in [0.25, 0.3) is 0 Å². The molecule has 3 heterocycles. The van der Waals surface area contributed by atoms with Crippen LogP contribution in [0.5, 0.6) is 0 Å². The Bertz CT molecular complexity index is 422. The summed E-state index contributed by atoms with van der Waals surface area (Å²) in [5.41, 5.74) is 0. The fourth-order valence-corrected chi connectivity index (χ4v) is 2.67. The van der Waals surface area contributed by atoms with Crippen molar-refractivity contribution in [1.29, 1.82) is 0 Å². The molecule has 7 heteroatoms. The topological polar surface area (TPSA) is 71.3 Å². The van der Waals surface area contributed by atoms with E-state index in [1.165, 1.54) is 0 Å². The molecule has 0 unspecified atom stereocenters. The summed E-state index contributed by atoms with van der Waals surface area (Å²) in [4.78, 5) is 0. The Hall–Kier alpha value is -1.05. The monoisotopic (exact) mass is 254 g/mol. The van der Waals surface area contributed by atoms with Crippen LogP contribution in [0.2, 0.25) is 0 Å². The van der Waals surface area contributed by atoms with Crippen molar-refractivity contribution < 1.29 is 14.2 Å². The molecule has 4 atom stereocenters. The molecule has 2 aliphatic rings. The normalized spacial score (nSPS) is 35.3. The van der Waals surface area contributed by atoms with Crippen LogP contribution < -0.4 is 0 Å². The van der Waals surface area contributed by atoms with Gasteiger partial charge in [-0.05, 0) is 10.4 Å². The Morgan fingerprint density at radius 3 is 2.78 bits per heavy atom. The van der Waals surface area contributed by atoms with Gasteiger partial charge in [0.2, 0.25) is 0 Å². The minimum absolute atomic E-state index is 0.00999. The highest BCUT2D eigenvalue weighted by molar-refractivity contribution is 5.01. The van der Waals surface area contributed by atoms with Gasteiger partial charge in [-0.2, -0.15) is 0 Å². The van der Waals surface area contributed by atoms with E-state index in [2.05, 4.69) is 29.4 Å². The van der Waals surface area contributed by atoms with Crippen molar-refractivity contribution in [2.75, 3.05) is 20.3 Å². The van der Waals surface area contributed by atoms with Crippen LogP contribution in [0, 0.1) is 0 Å². The Kier molecular flexibility index (Phi) is 3.04. The maximum Gasteiger partial charge on any atom is 0.154 e. The van der Waals surface area contributed by atoms with Crippen molar-refractivity contribution in [2.24, 2.45) is 0 Å². The first-order valence-electron chi connectivity index (χ1n) is 6.26. The van der Waals surface area contributed by atoms with Crippen molar-refractivity contribution in [2.45, 2.75) is 44.1 Å². The van der Waals surface area contributed by atoms with Gasteiger partial charge in [0.1, 0.15) is 24.4 Å². The van der Waals surface area contributed by atoms with E-state index >= 15 is 0 Å². The molecule has 3 rings (SSSR count). The Morgan fingerprint density at radius 2 is 2.06 bits per heavy atom. The van der Waals surface area contributed by atoms with Crippen LogP contribution in [0.3, 0.4) is 0 Å². The smallest absolute Gasteiger partial charge is 0.154 e. The fourth-order valence-electron chi connectivity index (χ4n) is 2.67. The Morgan fingerprint density at radius 1 is 1.28 bits per heavy atom. The van der Waals surface area contributed by atoms with Gasteiger partial charge >= 0.3 is 0 Å². The average molecular weight is 254 g/mol. The van der Waals surface area contributed by atoms with Crippen LogP contribution in [0.15, 0.2) is 0 Å². The number of fused-ring (bicyclic) bond motifs is 1. The van der Waals surface area contributed by atoms with Crippen LogP contribution >= 0.6 is 0 Å². The molecule has 0 N–H and O–H groups in total. The number of hydrogen-bond acceptors (Lipinski definition) is 6. The maximum atomic E-state index is 5.79. The molecule has 0 radical (unpaired) electrons. The first kappa shape index (κ1) is 12.0. The highest BCUT2D eigenvalue weighted by Gasteiger charge is 2.49. The van der Waals surface area contributed by atoms with Crippen LogP contribution in [-0.2, 0) is 14.2 Å².